The van der Waals surface area contributed by atoms with Crippen LogP contribution in [0.25, 0.3) is 0 Å². The first-order chi connectivity index (χ1) is 9.15. The molecule has 1 aromatic heterocycles. The molecule has 2 rings (SSSR count). The van der Waals surface area contributed by atoms with E-state index in [0.29, 0.717) is 11.4 Å². The predicted octanol–water partition coefficient (Wildman–Crippen LogP) is 4.50. The quantitative estimate of drug-likeness (QED) is 0.865. The van der Waals surface area contributed by atoms with E-state index in [0.717, 1.165) is 12.8 Å². The predicted molar refractivity (Wildman–Crippen MR) is 77.3 cm³/mol. The van der Waals surface area contributed by atoms with Crippen molar-refractivity contribution >= 4 is 34.5 Å². The first-order valence-electron chi connectivity index (χ1n) is 5.92. The van der Waals surface area contributed by atoms with Crippen molar-refractivity contribution in [3.8, 4) is 0 Å². The molecule has 0 saturated heterocycles. The Hall–Kier alpha value is -1.39. The van der Waals surface area contributed by atoms with Crippen LogP contribution in [0.1, 0.15) is 17.7 Å². The number of carbonyl (C=O) groups is 1. The van der Waals surface area contributed by atoms with Gasteiger partial charge in [0.05, 0.1) is 5.69 Å². The molecule has 0 radical (unpaired) electrons. The van der Waals surface area contributed by atoms with Crippen molar-refractivity contribution in [2.75, 3.05) is 5.32 Å². The lowest BCUT2D eigenvalue weighted by Crippen LogP contribution is -2.12. The molecule has 2 nitrogen and oxygen atoms in total. The summed E-state index contributed by atoms with van der Waals surface area (Å²) in [6, 6.07) is 8.13. The van der Waals surface area contributed by atoms with Crippen LogP contribution in [-0.4, -0.2) is 5.91 Å². The second-order valence-corrected chi connectivity index (χ2v) is 5.57. The number of hydrogen-bond donors (Lipinski definition) is 1. The van der Waals surface area contributed by atoms with Gasteiger partial charge in [-0.1, -0.05) is 17.7 Å². The van der Waals surface area contributed by atoms with Gasteiger partial charge < -0.3 is 5.32 Å². The van der Waals surface area contributed by atoms with E-state index in [-0.39, 0.29) is 11.6 Å². The number of thiophene rings is 1. The van der Waals surface area contributed by atoms with Crippen LogP contribution in [0.15, 0.2) is 35.7 Å². The third kappa shape index (κ3) is 4.33. The molecule has 0 aliphatic heterocycles. The SMILES string of the molecule is O=C(CCCc1cccs1)Nc1cc(Cl)ccc1F. The number of aryl methyl sites for hydroxylation is 1. The Morgan fingerprint density at radius 2 is 2.21 bits per heavy atom. The van der Waals surface area contributed by atoms with Crippen molar-refractivity contribution in [2.24, 2.45) is 0 Å². The molecule has 0 atom stereocenters. The minimum Gasteiger partial charge on any atom is -0.324 e. The maximum atomic E-state index is 13.4. The van der Waals surface area contributed by atoms with Gasteiger partial charge in [0.25, 0.3) is 0 Å². The summed E-state index contributed by atoms with van der Waals surface area (Å²) in [4.78, 5) is 12.9. The molecule has 1 aromatic carbocycles. The molecule has 2 aromatic rings. The lowest BCUT2D eigenvalue weighted by Gasteiger charge is -2.06. The Bertz CT molecular complexity index is 557. The summed E-state index contributed by atoms with van der Waals surface area (Å²) >= 11 is 7.43. The Balaban J connectivity index is 1.82. The van der Waals surface area contributed by atoms with Crippen molar-refractivity contribution in [3.05, 3.63) is 51.4 Å². The van der Waals surface area contributed by atoms with Crippen LogP contribution in [0.4, 0.5) is 10.1 Å². The smallest absolute Gasteiger partial charge is 0.224 e. The second kappa shape index (κ2) is 6.68. The van der Waals surface area contributed by atoms with Gasteiger partial charge >= 0.3 is 0 Å². The molecule has 1 heterocycles. The molecule has 0 fully saturated rings. The van der Waals surface area contributed by atoms with Gasteiger partial charge in [0, 0.05) is 16.3 Å². The van der Waals surface area contributed by atoms with Gasteiger partial charge in [0.15, 0.2) is 0 Å². The van der Waals surface area contributed by atoms with E-state index in [1.807, 2.05) is 17.5 Å². The normalized spacial score (nSPS) is 10.4. The van der Waals surface area contributed by atoms with Gasteiger partial charge in [-0.15, -0.1) is 11.3 Å². The first-order valence-corrected chi connectivity index (χ1v) is 7.18. The molecular weight excluding hydrogens is 285 g/mol. The average Bonchev–Trinajstić information content (AvgIpc) is 2.87. The van der Waals surface area contributed by atoms with Crippen molar-refractivity contribution < 1.29 is 9.18 Å². The van der Waals surface area contributed by atoms with E-state index in [1.54, 1.807) is 11.3 Å². The highest BCUT2D eigenvalue weighted by Gasteiger charge is 2.07. The largest absolute Gasteiger partial charge is 0.324 e. The summed E-state index contributed by atoms with van der Waals surface area (Å²) < 4.78 is 13.4. The third-order valence-corrected chi connectivity index (χ3v) is 3.78. The molecule has 100 valence electrons. The van der Waals surface area contributed by atoms with Crippen LogP contribution in [0, 0.1) is 5.82 Å². The second-order valence-electron chi connectivity index (χ2n) is 4.11. The van der Waals surface area contributed by atoms with E-state index < -0.39 is 5.82 Å². The maximum Gasteiger partial charge on any atom is 0.224 e. The van der Waals surface area contributed by atoms with Crippen LogP contribution in [-0.2, 0) is 11.2 Å². The van der Waals surface area contributed by atoms with Gasteiger partial charge in [-0.25, -0.2) is 4.39 Å². The van der Waals surface area contributed by atoms with Crippen LogP contribution in [0.2, 0.25) is 5.02 Å². The lowest BCUT2D eigenvalue weighted by atomic mass is 10.2. The zero-order valence-corrected chi connectivity index (χ0v) is 11.7. The minimum absolute atomic E-state index is 0.133. The number of amides is 1. The number of anilines is 1. The highest BCUT2D eigenvalue weighted by atomic mass is 35.5. The van der Waals surface area contributed by atoms with Gasteiger partial charge in [-0.2, -0.15) is 0 Å². The summed E-state index contributed by atoms with van der Waals surface area (Å²) in [7, 11) is 0. The summed E-state index contributed by atoms with van der Waals surface area (Å²) in [5.74, 6) is -0.672. The summed E-state index contributed by atoms with van der Waals surface area (Å²) in [5, 5.41) is 4.95. The molecule has 0 aliphatic carbocycles. The molecule has 0 bridgehead atoms. The van der Waals surface area contributed by atoms with Crippen LogP contribution >= 0.6 is 22.9 Å². The fourth-order valence-electron chi connectivity index (χ4n) is 1.68. The van der Waals surface area contributed by atoms with Gasteiger partial charge in [0.2, 0.25) is 5.91 Å². The first kappa shape index (κ1) is 14.0. The van der Waals surface area contributed by atoms with E-state index in [4.69, 9.17) is 11.6 Å². The Morgan fingerprint density at radius 1 is 1.37 bits per heavy atom. The van der Waals surface area contributed by atoms with Crippen LogP contribution < -0.4 is 5.32 Å². The van der Waals surface area contributed by atoms with Gasteiger partial charge in [-0.3, -0.25) is 4.79 Å². The fourth-order valence-corrected chi connectivity index (χ4v) is 2.61. The lowest BCUT2D eigenvalue weighted by molar-refractivity contribution is -0.116. The molecular formula is C14H13ClFNOS. The van der Waals surface area contributed by atoms with Crippen LogP contribution in [0.5, 0.6) is 0 Å². The molecule has 0 saturated carbocycles. The highest BCUT2D eigenvalue weighted by molar-refractivity contribution is 7.09. The number of benzene rings is 1. The zero-order chi connectivity index (χ0) is 13.7. The number of rotatable bonds is 5. The number of halogens is 2. The highest BCUT2D eigenvalue weighted by Crippen LogP contribution is 2.20. The summed E-state index contributed by atoms with van der Waals surface area (Å²) in [6.07, 6.45) is 1.97. The van der Waals surface area contributed by atoms with Crippen molar-refractivity contribution in [3.63, 3.8) is 0 Å². The minimum atomic E-state index is -0.476. The third-order valence-electron chi connectivity index (χ3n) is 2.61. The van der Waals surface area contributed by atoms with E-state index >= 15 is 0 Å². The monoisotopic (exact) mass is 297 g/mol. The fraction of sp³-hybridized carbons (Fsp3) is 0.214. The number of hydrogen-bond acceptors (Lipinski definition) is 2. The van der Waals surface area contributed by atoms with Gasteiger partial charge in [0.1, 0.15) is 5.82 Å². The van der Waals surface area contributed by atoms with Crippen LogP contribution in [0.3, 0.4) is 0 Å². The molecule has 0 spiro atoms. The zero-order valence-electron chi connectivity index (χ0n) is 10.2. The molecule has 1 N–H and O–H groups in total. The molecule has 5 heteroatoms. The molecule has 1 amide bonds. The number of carbonyl (C=O) groups excluding carboxylic acids is 1. The Labute approximate surface area is 120 Å². The Morgan fingerprint density at radius 3 is 2.95 bits per heavy atom. The summed E-state index contributed by atoms with van der Waals surface area (Å²) in [5.41, 5.74) is 0.133. The van der Waals surface area contributed by atoms with Gasteiger partial charge in [-0.05, 0) is 42.5 Å². The number of nitrogens with one attached hydrogen (secondary N) is 1. The van der Waals surface area contributed by atoms with E-state index in [9.17, 15) is 9.18 Å². The van der Waals surface area contributed by atoms with Crippen molar-refractivity contribution in [2.45, 2.75) is 19.3 Å². The molecule has 0 aliphatic rings. The van der Waals surface area contributed by atoms with Crippen molar-refractivity contribution in [1.29, 1.82) is 0 Å². The van der Waals surface area contributed by atoms with E-state index in [1.165, 1.54) is 23.1 Å². The van der Waals surface area contributed by atoms with E-state index in [2.05, 4.69) is 5.32 Å². The maximum absolute atomic E-state index is 13.4. The molecule has 0 unspecified atom stereocenters. The summed E-state index contributed by atoms with van der Waals surface area (Å²) in [6.45, 7) is 0. The molecule has 19 heavy (non-hydrogen) atoms. The van der Waals surface area contributed by atoms with Crippen molar-refractivity contribution in [1.82, 2.24) is 0 Å². The standard InChI is InChI=1S/C14H13ClFNOS/c15-10-6-7-12(16)13(9-10)17-14(18)5-1-3-11-4-2-8-19-11/h2,4,6-9H,1,3,5H2,(H,17,18). The Kier molecular flexibility index (Phi) is 4.93. The average molecular weight is 298 g/mol. The topological polar surface area (TPSA) is 29.1 Å².